The molecule has 7 rings (SSSR count). The van der Waals surface area contributed by atoms with Crippen molar-refractivity contribution in [3.63, 3.8) is 0 Å². The maximum atomic E-state index is 15.3. The first-order valence-electron chi connectivity index (χ1n) is 15.4. The van der Waals surface area contributed by atoms with Crippen molar-refractivity contribution in [2.75, 3.05) is 26.8 Å². The molecule has 4 amide bonds. The normalized spacial score (nSPS) is 27.4. The highest BCUT2D eigenvalue weighted by Gasteiger charge is 2.70. The molecular weight excluding hydrogens is 677 g/mol. The van der Waals surface area contributed by atoms with Gasteiger partial charge in [-0.25, -0.2) is 0 Å². The summed E-state index contributed by atoms with van der Waals surface area (Å²) in [6.45, 7) is 0. The molecule has 3 aromatic carbocycles. The standard InChI is InChI=1S/C35H31Cl2N3O9/c1-47-19-7-4-17(5-8-19)35-23(32(43)39(34(35)45)38-25-11-6-18(36)14-24(25)37)15-22-20(9-10-21-28(22)33(44)40(46)31(21)42)29(35)16-12-26(48-2)30(41)27(13-16)49-3/h4-9,11-14,21-23,28-29,38,41,46H,10,15H2,1-3H3. The van der Waals surface area contributed by atoms with Crippen LogP contribution in [0.5, 0.6) is 23.0 Å². The van der Waals surface area contributed by atoms with Crippen LogP contribution in [0.25, 0.3) is 0 Å². The maximum absolute atomic E-state index is 15.3. The number of fused-ring (bicyclic) bond motifs is 4. The Morgan fingerprint density at radius 3 is 2.14 bits per heavy atom. The van der Waals surface area contributed by atoms with Crippen LogP contribution in [0.1, 0.15) is 29.9 Å². The van der Waals surface area contributed by atoms with Crippen LogP contribution in [0.3, 0.4) is 0 Å². The summed E-state index contributed by atoms with van der Waals surface area (Å²) in [7, 11) is 4.26. The van der Waals surface area contributed by atoms with Crippen LogP contribution >= 0.6 is 23.2 Å². The number of carbonyl (C=O) groups is 4. The number of nitrogens with zero attached hydrogens (tertiary/aromatic N) is 2. The lowest BCUT2D eigenvalue weighted by molar-refractivity contribution is -0.173. The Bertz CT molecular complexity index is 1930. The van der Waals surface area contributed by atoms with E-state index in [0.717, 1.165) is 5.01 Å². The lowest BCUT2D eigenvalue weighted by Gasteiger charge is -2.50. The second kappa shape index (κ2) is 12.0. The van der Waals surface area contributed by atoms with E-state index >= 15 is 4.79 Å². The van der Waals surface area contributed by atoms with E-state index in [-0.39, 0.29) is 45.9 Å². The van der Waals surface area contributed by atoms with E-state index in [9.17, 15) is 24.7 Å². The molecule has 3 fully saturated rings. The fourth-order valence-electron chi connectivity index (χ4n) is 8.28. The summed E-state index contributed by atoms with van der Waals surface area (Å²) in [6.07, 6.45) is 1.96. The van der Waals surface area contributed by atoms with Crippen LogP contribution in [0.2, 0.25) is 10.0 Å². The average molecular weight is 709 g/mol. The van der Waals surface area contributed by atoms with Gasteiger partial charge in [-0.3, -0.25) is 29.8 Å². The average Bonchev–Trinajstić information content (AvgIpc) is 3.45. The third-order valence-electron chi connectivity index (χ3n) is 10.4. The number of anilines is 1. The van der Waals surface area contributed by atoms with Crippen LogP contribution < -0.4 is 19.6 Å². The van der Waals surface area contributed by atoms with Gasteiger partial charge >= 0.3 is 0 Å². The number of halogens is 2. The number of amides is 4. The minimum absolute atomic E-state index is 0.00580. The zero-order valence-electron chi connectivity index (χ0n) is 26.5. The minimum atomic E-state index is -1.64. The van der Waals surface area contributed by atoms with Crippen molar-refractivity contribution in [3.05, 3.63) is 87.4 Å². The van der Waals surface area contributed by atoms with E-state index in [1.807, 2.05) is 6.08 Å². The predicted octanol–water partition coefficient (Wildman–Crippen LogP) is 5.10. The fourth-order valence-corrected chi connectivity index (χ4v) is 8.73. The van der Waals surface area contributed by atoms with Crippen molar-refractivity contribution < 1.29 is 43.7 Å². The van der Waals surface area contributed by atoms with Crippen LogP contribution in [0.4, 0.5) is 5.69 Å². The number of imide groups is 2. The van der Waals surface area contributed by atoms with E-state index in [1.165, 1.54) is 27.4 Å². The zero-order valence-corrected chi connectivity index (χ0v) is 28.0. The van der Waals surface area contributed by atoms with E-state index in [0.29, 0.717) is 27.5 Å². The van der Waals surface area contributed by atoms with Crippen LogP contribution in [-0.4, -0.2) is 65.3 Å². The van der Waals surface area contributed by atoms with Crippen molar-refractivity contribution in [3.8, 4) is 23.0 Å². The Kier molecular flexibility index (Phi) is 8.00. The molecule has 0 radical (unpaired) electrons. The molecule has 1 saturated carbocycles. The van der Waals surface area contributed by atoms with Gasteiger partial charge in [-0.05, 0) is 72.4 Å². The Balaban J connectivity index is 1.51. The number of benzene rings is 3. The molecule has 2 heterocycles. The summed E-state index contributed by atoms with van der Waals surface area (Å²) in [5, 5.41) is 22.9. The largest absolute Gasteiger partial charge is 0.502 e. The van der Waals surface area contributed by atoms with E-state index in [4.69, 9.17) is 37.4 Å². The van der Waals surface area contributed by atoms with Crippen molar-refractivity contribution in [2.45, 2.75) is 24.2 Å². The fraction of sp³-hybridized carbons (Fsp3) is 0.314. The number of carbonyl (C=O) groups excluding carboxylic acids is 4. The number of methoxy groups -OCH3 is 3. The number of aromatic hydroxyl groups is 1. The van der Waals surface area contributed by atoms with Gasteiger partial charge in [-0.1, -0.05) is 47.0 Å². The summed E-state index contributed by atoms with van der Waals surface area (Å²) in [4.78, 5) is 56.4. The van der Waals surface area contributed by atoms with E-state index in [1.54, 1.807) is 48.5 Å². The zero-order chi connectivity index (χ0) is 34.9. The lowest BCUT2D eigenvalue weighted by atomic mass is 9.49. The van der Waals surface area contributed by atoms with Gasteiger partial charge in [-0.2, -0.15) is 10.1 Å². The van der Waals surface area contributed by atoms with Crippen molar-refractivity contribution >= 4 is 52.5 Å². The number of ether oxygens (including phenoxy) is 3. The predicted molar refractivity (Wildman–Crippen MR) is 175 cm³/mol. The number of hydrogen-bond donors (Lipinski definition) is 3. The summed E-state index contributed by atoms with van der Waals surface area (Å²) in [6, 6.07) is 14.6. The Morgan fingerprint density at radius 2 is 1.53 bits per heavy atom. The molecule has 3 N–H and O–H groups in total. The topological polar surface area (TPSA) is 155 Å². The van der Waals surface area contributed by atoms with E-state index < -0.39 is 58.6 Å². The molecule has 0 aromatic heterocycles. The number of hydrazine groups is 1. The second-order valence-electron chi connectivity index (χ2n) is 12.5. The molecule has 12 nitrogen and oxygen atoms in total. The summed E-state index contributed by atoms with van der Waals surface area (Å²) in [5.41, 5.74) is 3.11. The number of phenols is 1. The third kappa shape index (κ3) is 4.68. The lowest BCUT2D eigenvalue weighted by Crippen LogP contribution is -2.53. The van der Waals surface area contributed by atoms with Gasteiger partial charge in [0.25, 0.3) is 23.6 Å². The molecule has 0 spiro atoms. The molecule has 254 valence electrons. The van der Waals surface area contributed by atoms with Crippen molar-refractivity contribution in [2.24, 2.45) is 23.7 Å². The quantitative estimate of drug-likeness (QED) is 0.172. The van der Waals surface area contributed by atoms with Crippen LogP contribution in [-0.2, 0) is 24.6 Å². The van der Waals surface area contributed by atoms with Gasteiger partial charge in [0, 0.05) is 10.9 Å². The first-order valence-corrected chi connectivity index (χ1v) is 16.2. The molecule has 6 atom stereocenters. The number of hydroxylamine groups is 2. The number of hydrogen-bond acceptors (Lipinski definition) is 10. The molecule has 49 heavy (non-hydrogen) atoms. The number of rotatable bonds is 7. The Hall–Kier alpha value is -4.78. The summed E-state index contributed by atoms with van der Waals surface area (Å²) >= 11 is 12.6. The van der Waals surface area contributed by atoms with E-state index in [2.05, 4.69) is 5.43 Å². The number of allylic oxidation sites excluding steroid dienone is 2. The SMILES string of the molecule is COc1ccc(C23C(=O)N(Nc4ccc(Cl)cc4Cl)C(=O)C2CC2C(=CCC4C(=O)N(O)C(=O)C42)C3c2cc(OC)c(O)c(OC)c2)cc1. The Labute approximate surface area is 290 Å². The monoisotopic (exact) mass is 707 g/mol. The third-order valence-corrected chi connectivity index (χ3v) is 10.9. The molecule has 3 aromatic rings. The van der Waals surface area contributed by atoms with Crippen LogP contribution in [0, 0.1) is 23.7 Å². The summed E-state index contributed by atoms with van der Waals surface area (Å²) in [5.74, 6) is -6.85. The van der Waals surface area contributed by atoms with Crippen molar-refractivity contribution in [1.29, 1.82) is 0 Å². The Morgan fingerprint density at radius 1 is 0.857 bits per heavy atom. The molecule has 2 saturated heterocycles. The number of phenolic OH excluding ortho intramolecular Hbond substituents is 1. The molecule has 2 aliphatic heterocycles. The smallest absolute Gasteiger partial charge is 0.260 e. The highest BCUT2D eigenvalue weighted by atomic mass is 35.5. The van der Waals surface area contributed by atoms with Crippen LogP contribution in [0.15, 0.2) is 66.2 Å². The highest BCUT2D eigenvalue weighted by Crippen LogP contribution is 2.64. The first-order chi connectivity index (χ1) is 23.5. The summed E-state index contributed by atoms with van der Waals surface area (Å²) < 4.78 is 16.4. The molecule has 14 heteroatoms. The van der Waals surface area contributed by atoms with Gasteiger partial charge in [-0.15, -0.1) is 0 Å². The van der Waals surface area contributed by atoms with Gasteiger partial charge in [0.2, 0.25) is 5.75 Å². The molecular formula is C35H31Cl2N3O9. The maximum Gasteiger partial charge on any atom is 0.260 e. The molecule has 2 aliphatic carbocycles. The van der Waals surface area contributed by atoms with Crippen molar-refractivity contribution in [1.82, 2.24) is 10.1 Å². The first kappa shape index (κ1) is 32.8. The second-order valence-corrected chi connectivity index (χ2v) is 13.3. The van der Waals surface area contributed by atoms with Gasteiger partial charge in [0.05, 0.1) is 55.2 Å². The van der Waals surface area contributed by atoms with Gasteiger partial charge in [0.15, 0.2) is 11.5 Å². The van der Waals surface area contributed by atoms with Gasteiger partial charge in [0.1, 0.15) is 5.75 Å². The molecule has 6 unspecified atom stereocenters. The highest BCUT2D eigenvalue weighted by molar-refractivity contribution is 6.36. The van der Waals surface area contributed by atoms with Gasteiger partial charge < -0.3 is 19.3 Å². The molecule has 0 bridgehead atoms. The number of nitrogens with one attached hydrogen (secondary N) is 1. The molecule has 4 aliphatic rings. The minimum Gasteiger partial charge on any atom is -0.502 e.